The maximum atomic E-state index is 15.2. The Kier molecular flexibility index (Phi) is 10.4. The molecule has 0 radical (unpaired) electrons. The lowest BCUT2D eigenvalue weighted by atomic mass is 10.0. The van der Waals surface area contributed by atoms with Crippen LogP contribution in [0.5, 0.6) is 0 Å². The highest BCUT2D eigenvalue weighted by molar-refractivity contribution is 7.92. The molecule has 0 aliphatic rings. The molecule has 0 spiro atoms. The van der Waals surface area contributed by atoms with Gasteiger partial charge in [0.15, 0.2) is 0 Å². The Balaban J connectivity index is 1.84. The van der Waals surface area contributed by atoms with Crippen LogP contribution in [-0.4, -0.2) is 43.3 Å². The molecule has 2 amide bonds. The van der Waals surface area contributed by atoms with E-state index in [-0.39, 0.29) is 29.1 Å². The minimum absolute atomic E-state index is 0.0629. The van der Waals surface area contributed by atoms with E-state index in [4.69, 9.17) is 0 Å². The number of carbonyl (C=O) groups is 2. The second-order valence-corrected chi connectivity index (χ2v) is 13.7. The second-order valence-electron chi connectivity index (χ2n) is 11.8. The third-order valence-corrected chi connectivity index (χ3v) is 8.85. The molecule has 4 aromatic carbocycles. The summed E-state index contributed by atoms with van der Waals surface area (Å²) in [5.74, 6) is -2.77. The van der Waals surface area contributed by atoms with E-state index in [0.717, 1.165) is 17.2 Å². The van der Waals surface area contributed by atoms with Crippen LogP contribution in [0.4, 0.5) is 14.5 Å². The standard InChI is InChI=1S/C35H37F2N3O4S/c1-25-18-20-28(21-19-25)45(43,44)40(31-17-11-10-16-30(31)37)24-33(41)39(23-27-14-8-9-15-29(27)36)32(34(42)38-35(2,3)4)22-26-12-6-5-7-13-26/h5-21,32H,22-24H2,1-4H3,(H,38,42)/t32-/m1/s1. The summed E-state index contributed by atoms with van der Waals surface area (Å²) in [6.07, 6.45) is 0.0629. The predicted molar refractivity (Wildman–Crippen MR) is 171 cm³/mol. The molecule has 236 valence electrons. The van der Waals surface area contributed by atoms with Crippen LogP contribution in [0.15, 0.2) is 108 Å². The van der Waals surface area contributed by atoms with Crippen molar-refractivity contribution in [1.82, 2.24) is 10.2 Å². The molecule has 0 aromatic heterocycles. The van der Waals surface area contributed by atoms with Crippen LogP contribution in [0.3, 0.4) is 0 Å². The smallest absolute Gasteiger partial charge is 0.264 e. The van der Waals surface area contributed by atoms with Gasteiger partial charge in [-0.1, -0.05) is 78.4 Å². The highest BCUT2D eigenvalue weighted by atomic mass is 32.2. The van der Waals surface area contributed by atoms with Gasteiger partial charge in [-0.15, -0.1) is 0 Å². The lowest BCUT2D eigenvalue weighted by Crippen LogP contribution is -2.56. The zero-order chi connectivity index (χ0) is 32.8. The molecule has 0 aliphatic heterocycles. The van der Waals surface area contributed by atoms with E-state index in [1.165, 1.54) is 53.4 Å². The fourth-order valence-corrected chi connectivity index (χ4v) is 6.24. The molecule has 7 nitrogen and oxygen atoms in total. The average Bonchev–Trinajstić information content (AvgIpc) is 2.98. The number of carbonyl (C=O) groups excluding carboxylic acids is 2. The molecule has 0 unspecified atom stereocenters. The van der Waals surface area contributed by atoms with Gasteiger partial charge in [0, 0.05) is 24.1 Å². The van der Waals surface area contributed by atoms with Gasteiger partial charge in [-0.2, -0.15) is 0 Å². The Bertz CT molecular complexity index is 1740. The van der Waals surface area contributed by atoms with Crippen LogP contribution in [0.2, 0.25) is 0 Å². The summed E-state index contributed by atoms with van der Waals surface area (Å²) < 4.78 is 58.9. The van der Waals surface area contributed by atoms with E-state index < -0.39 is 51.6 Å². The van der Waals surface area contributed by atoms with Crippen molar-refractivity contribution >= 4 is 27.5 Å². The molecular formula is C35H37F2N3O4S. The molecule has 0 heterocycles. The highest BCUT2D eigenvalue weighted by Crippen LogP contribution is 2.28. The third kappa shape index (κ3) is 8.54. The van der Waals surface area contributed by atoms with E-state index in [0.29, 0.717) is 4.31 Å². The molecule has 0 aliphatic carbocycles. The molecule has 1 N–H and O–H groups in total. The van der Waals surface area contributed by atoms with Crippen LogP contribution in [0.1, 0.15) is 37.5 Å². The van der Waals surface area contributed by atoms with Crippen molar-refractivity contribution in [2.24, 2.45) is 0 Å². The largest absolute Gasteiger partial charge is 0.350 e. The van der Waals surface area contributed by atoms with Crippen molar-refractivity contribution in [2.45, 2.75) is 57.1 Å². The van der Waals surface area contributed by atoms with Gasteiger partial charge in [0.05, 0.1) is 10.6 Å². The number of aryl methyl sites for hydroxylation is 1. The number of nitrogens with zero attached hydrogens (tertiary/aromatic N) is 2. The van der Waals surface area contributed by atoms with Crippen LogP contribution >= 0.6 is 0 Å². The Labute approximate surface area is 263 Å². The summed E-state index contributed by atoms with van der Waals surface area (Å²) in [4.78, 5) is 29.3. The number of rotatable bonds is 11. The van der Waals surface area contributed by atoms with Gasteiger partial charge < -0.3 is 10.2 Å². The fraction of sp³-hybridized carbons (Fsp3) is 0.257. The molecule has 1 atom stereocenters. The normalized spacial score (nSPS) is 12.3. The fourth-order valence-electron chi connectivity index (χ4n) is 4.82. The number of halogens is 2. The lowest BCUT2D eigenvalue weighted by molar-refractivity contribution is -0.140. The van der Waals surface area contributed by atoms with Crippen LogP contribution in [-0.2, 0) is 32.6 Å². The van der Waals surface area contributed by atoms with Gasteiger partial charge in [0.2, 0.25) is 11.8 Å². The number of para-hydroxylation sites is 1. The number of hydrogen-bond donors (Lipinski definition) is 1. The molecule has 45 heavy (non-hydrogen) atoms. The number of nitrogens with one attached hydrogen (secondary N) is 1. The van der Waals surface area contributed by atoms with Crippen molar-refractivity contribution in [3.05, 3.63) is 131 Å². The van der Waals surface area contributed by atoms with Crippen molar-refractivity contribution in [2.75, 3.05) is 10.8 Å². The SMILES string of the molecule is Cc1ccc(S(=O)(=O)N(CC(=O)N(Cc2ccccc2F)[C@H](Cc2ccccc2)C(=O)NC(C)(C)C)c2ccccc2F)cc1. The number of sulfonamides is 1. The number of anilines is 1. The maximum Gasteiger partial charge on any atom is 0.264 e. The monoisotopic (exact) mass is 633 g/mol. The van der Waals surface area contributed by atoms with Crippen LogP contribution < -0.4 is 9.62 Å². The van der Waals surface area contributed by atoms with E-state index in [9.17, 15) is 18.0 Å². The first-order valence-electron chi connectivity index (χ1n) is 14.5. The maximum absolute atomic E-state index is 15.2. The van der Waals surface area contributed by atoms with Gasteiger partial charge in [-0.3, -0.25) is 13.9 Å². The summed E-state index contributed by atoms with van der Waals surface area (Å²) in [5, 5.41) is 2.91. The quantitative estimate of drug-likeness (QED) is 0.219. The van der Waals surface area contributed by atoms with E-state index in [1.807, 2.05) is 6.07 Å². The first kappa shape index (κ1) is 33.3. The Morgan fingerprint density at radius 2 is 1.38 bits per heavy atom. The van der Waals surface area contributed by atoms with Gasteiger partial charge in [0.25, 0.3) is 10.0 Å². The molecule has 10 heteroatoms. The molecule has 0 saturated carbocycles. The van der Waals surface area contributed by atoms with Crippen LogP contribution in [0, 0.1) is 18.6 Å². The summed E-state index contributed by atoms with van der Waals surface area (Å²) >= 11 is 0. The highest BCUT2D eigenvalue weighted by Gasteiger charge is 2.36. The van der Waals surface area contributed by atoms with E-state index >= 15 is 8.78 Å². The first-order chi connectivity index (χ1) is 21.3. The number of hydrogen-bond acceptors (Lipinski definition) is 4. The number of benzene rings is 4. The molecule has 0 saturated heterocycles. The summed E-state index contributed by atoms with van der Waals surface area (Å²) in [6, 6.07) is 24.9. The number of amides is 2. The Morgan fingerprint density at radius 3 is 1.98 bits per heavy atom. The lowest BCUT2D eigenvalue weighted by Gasteiger charge is -2.35. The average molecular weight is 634 g/mol. The minimum Gasteiger partial charge on any atom is -0.350 e. The third-order valence-electron chi connectivity index (χ3n) is 7.08. The molecule has 4 rings (SSSR count). The van der Waals surface area contributed by atoms with Gasteiger partial charge >= 0.3 is 0 Å². The van der Waals surface area contributed by atoms with E-state index in [2.05, 4.69) is 5.32 Å². The Hall–Kier alpha value is -4.57. The predicted octanol–water partition coefficient (Wildman–Crippen LogP) is 6.02. The minimum atomic E-state index is -4.47. The topological polar surface area (TPSA) is 86.8 Å². The molecular weight excluding hydrogens is 596 g/mol. The summed E-state index contributed by atoms with van der Waals surface area (Å²) in [7, 11) is -4.47. The molecule has 0 fully saturated rings. The Morgan fingerprint density at radius 1 is 0.800 bits per heavy atom. The molecule has 4 aromatic rings. The van der Waals surface area contributed by atoms with Crippen molar-refractivity contribution in [3.63, 3.8) is 0 Å². The van der Waals surface area contributed by atoms with Crippen molar-refractivity contribution in [1.29, 1.82) is 0 Å². The summed E-state index contributed by atoms with van der Waals surface area (Å²) in [5.41, 5.74) is 0.665. The van der Waals surface area contributed by atoms with E-state index in [1.54, 1.807) is 70.2 Å². The van der Waals surface area contributed by atoms with Crippen molar-refractivity contribution < 1.29 is 26.8 Å². The zero-order valence-corrected chi connectivity index (χ0v) is 26.5. The summed E-state index contributed by atoms with van der Waals surface area (Å²) in [6.45, 7) is 5.99. The first-order valence-corrected chi connectivity index (χ1v) is 15.9. The zero-order valence-electron chi connectivity index (χ0n) is 25.7. The van der Waals surface area contributed by atoms with Gasteiger partial charge in [0.1, 0.15) is 24.2 Å². The van der Waals surface area contributed by atoms with Gasteiger partial charge in [-0.05, 0) is 63.6 Å². The van der Waals surface area contributed by atoms with Crippen LogP contribution in [0.25, 0.3) is 0 Å². The van der Waals surface area contributed by atoms with Crippen molar-refractivity contribution in [3.8, 4) is 0 Å². The second kappa shape index (κ2) is 14.0. The molecule has 0 bridgehead atoms. The van der Waals surface area contributed by atoms with Gasteiger partial charge in [-0.25, -0.2) is 17.2 Å².